The lowest BCUT2D eigenvalue weighted by atomic mass is 9.86. The van der Waals surface area contributed by atoms with Crippen molar-refractivity contribution in [2.75, 3.05) is 13.7 Å². The van der Waals surface area contributed by atoms with E-state index in [-0.39, 0.29) is 18.4 Å². The number of urea groups is 1. The summed E-state index contributed by atoms with van der Waals surface area (Å²) in [6.45, 7) is 0.651. The zero-order valence-electron chi connectivity index (χ0n) is 12.3. The first-order valence-corrected chi connectivity index (χ1v) is 7.61. The van der Waals surface area contributed by atoms with Crippen molar-refractivity contribution < 1.29 is 14.4 Å². The van der Waals surface area contributed by atoms with Crippen molar-refractivity contribution in [3.63, 3.8) is 0 Å². The molecule has 0 spiro atoms. The molecule has 1 heterocycles. The number of methoxy groups -OCH3 is 1. The van der Waals surface area contributed by atoms with Gasteiger partial charge in [0.05, 0.1) is 6.10 Å². The minimum absolute atomic E-state index is 0.163. The predicted octanol–water partition coefficient (Wildman–Crippen LogP) is 2.85. The SMILES string of the molecule is CO[C@H]1CCCC[C@H]1CNC(=O)N1OC1c1ccccc1. The van der Waals surface area contributed by atoms with Gasteiger partial charge in [-0.25, -0.2) is 9.63 Å². The monoisotopic (exact) mass is 290 g/mol. The summed E-state index contributed by atoms with van der Waals surface area (Å²) in [4.78, 5) is 17.4. The zero-order chi connectivity index (χ0) is 14.7. The molecular formula is C16H22N2O3. The number of ether oxygens (including phenoxy) is 1. The van der Waals surface area contributed by atoms with Crippen molar-refractivity contribution in [1.82, 2.24) is 10.4 Å². The smallest absolute Gasteiger partial charge is 0.344 e. The summed E-state index contributed by atoms with van der Waals surface area (Å²) in [5.41, 5.74) is 1.00. The topological polar surface area (TPSA) is 53.9 Å². The molecule has 1 saturated carbocycles. The molecule has 114 valence electrons. The Balaban J connectivity index is 1.47. The molecule has 1 unspecified atom stereocenters. The molecule has 1 aromatic rings. The Labute approximate surface area is 125 Å². The van der Waals surface area contributed by atoms with E-state index in [1.54, 1.807) is 7.11 Å². The van der Waals surface area contributed by atoms with E-state index >= 15 is 0 Å². The van der Waals surface area contributed by atoms with Crippen LogP contribution in [0.2, 0.25) is 0 Å². The van der Waals surface area contributed by atoms with Gasteiger partial charge in [-0.1, -0.05) is 43.2 Å². The van der Waals surface area contributed by atoms with Gasteiger partial charge in [-0.2, -0.15) is 5.06 Å². The summed E-state index contributed by atoms with van der Waals surface area (Å²) < 4.78 is 5.51. The molecule has 21 heavy (non-hydrogen) atoms. The van der Waals surface area contributed by atoms with Crippen LogP contribution in [-0.4, -0.2) is 30.9 Å². The van der Waals surface area contributed by atoms with Crippen LogP contribution < -0.4 is 5.32 Å². The second-order valence-electron chi connectivity index (χ2n) is 5.70. The molecule has 1 aliphatic carbocycles. The molecule has 2 amide bonds. The fourth-order valence-corrected chi connectivity index (χ4v) is 3.06. The predicted molar refractivity (Wildman–Crippen MR) is 78.3 cm³/mol. The number of hydrogen-bond donors (Lipinski definition) is 1. The van der Waals surface area contributed by atoms with Gasteiger partial charge in [0, 0.05) is 25.1 Å². The first-order valence-electron chi connectivity index (χ1n) is 7.61. The molecule has 2 aliphatic rings. The van der Waals surface area contributed by atoms with Crippen molar-refractivity contribution in [3.05, 3.63) is 35.9 Å². The number of carbonyl (C=O) groups is 1. The minimum atomic E-state index is -0.240. The lowest BCUT2D eigenvalue weighted by molar-refractivity contribution is 0.0244. The van der Waals surface area contributed by atoms with Crippen LogP contribution in [0.3, 0.4) is 0 Å². The number of amides is 2. The van der Waals surface area contributed by atoms with Crippen molar-refractivity contribution in [2.24, 2.45) is 5.92 Å². The molecule has 1 N–H and O–H groups in total. The lowest BCUT2D eigenvalue weighted by Crippen LogP contribution is -2.39. The van der Waals surface area contributed by atoms with Crippen molar-refractivity contribution in [3.8, 4) is 0 Å². The van der Waals surface area contributed by atoms with Crippen molar-refractivity contribution in [1.29, 1.82) is 0 Å². The zero-order valence-corrected chi connectivity index (χ0v) is 12.3. The van der Waals surface area contributed by atoms with Gasteiger partial charge in [0.2, 0.25) is 6.23 Å². The molecule has 3 rings (SSSR count). The molecule has 1 saturated heterocycles. The van der Waals surface area contributed by atoms with Crippen LogP contribution in [0.1, 0.15) is 37.5 Å². The summed E-state index contributed by atoms with van der Waals surface area (Å²) in [6, 6.07) is 9.59. The number of rotatable bonds is 4. The van der Waals surface area contributed by atoms with E-state index in [9.17, 15) is 4.79 Å². The highest BCUT2D eigenvalue weighted by molar-refractivity contribution is 5.74. The molecule has 0 radical (unpaired) electrons. The van der Waals surface area contributed by atoms with Gasteiger partial charge in [0.25, 0.3) is 0 Å². The summed E-state index contributed by atoms with van der Waals surface area (Å²) in [5.74, 6) is 0.405. The van der Waals surface area contributed by atoms with Gasteiger partial charge in [-0.3, -0.25) is 0 Å². The van der Waals surface area contributed by atoms with Crippen LogP contribution >= 0.6 is 0 Å². The molecule has 0 aromatic heterocycles. The lowest BCUT2D eigenvalue weighted by Gasteiger charge is -2.30. The van der Waals surface area contributed by atoms with Crippen LogP contribution in [0.4, 0.5) is 4.79 Å². The number of nitrogens with zero attached hydrogens (tertiary/aromatic N) is 1. The average molecular weight is 290 g/mol. The second kappa shape index (κ2) is 6.45. The van der Waals surface area contributed by atoms with Crippen LogP contribution in [-0.2, 0) is 9.57 Å². The Morgan fingerprint density at radius 3 is 2.86 bits per heavy atom. The number of hydroxylamine groups is 2. The van der Waals surface area contributed by atoms with Gasteiger partial charge >= 0.3 is 6.03 Å². The normalized spacial score (nSPS) is 28.2. The molecule has 2 fully saturated rings. The maximum Gasteiger partial charge on any atom is 0.344 e. The number of nitrogens with one attached hydrogen (secondary N) is 1. The van der Waals surface area contributed by atoms with Gasteiger partial charge in [0.1, 0.15) is 0 Å². The third-order valence-electron chi connectivity index (χ3n) is 4.32. The van der Waals surface area contributed by atoms with Crippen LogP contribution in [0.15, 0.2) is 30.3 Å². The molecular weight excluding hydrogens is 268 g/mol. The maximum absolute atomic E-state index is 12.1. The molecule has 5 nitrogen and oxygen atoms in total. The Kier molecular flexibility index (Phi) is 4.41. The van der Waals surface area contributed by atoms with E-state index in [4.69, 9.17) is 9.57 Å². The van der Waals surface area contributed by atoms with Crippen LogP contribution in [0.25, 0.3) is 0 Å². The largest absolute Gasteiger partial charge is 0.381 e. The Morgan fingerprint density at radius 1 is 1.33 bits per heavy atom. The Morgan fingerprint density at radius 2 is 2.10 bits per heavy atom. The van der Waals surface area contributed by atoms with Crippen molar-refractivity contribution in [2.45, 2.75) is 38.0 Å². The van der Waals surface area contributed by atoms with Crippen LogP contribution in [0.5, 0.6) is 0 Å². The van der Waals surface area contributed by atoms with Gasteiger partial charge in [-0.05, 0) is 12.8 Å². The van der Waals surface area contributed by atoms with E-state index in [2.05, 4.69) is 5.32 Å². The summed E-state index contributed by atoms with van der Waals surface area (Å²) >= 11 is 0. The number of hydrogen-bond acceptors (Lipinski definition) is 3. The number of carbonyl (C=O) groups excluding carboxylic acids is 1. The van der Waals surface area contributed by atoms with Gasteiger partial charge in [0.15, 0.2) is 0 Å². The summed E-state index contributed by atoms with van der Waals surface area (Å²) in [6.07, 6.45) is 4.66. The molecule has 5 heteroatoms. The molecule has 1 aliphatic heterocycles. The fraction of sp³-hybridized carbons (Fsp3) is 0.562. The van der Waals surface area contributed by atoms with Gasteiger partial charge in [-0.15, -0.1) is 0 Å². The first kappa shape index (κ1) is 14.4. The van der Waals surface area contributed by atoms with Crippen LogP contribution in [0, 0.1) is 5.92 Å². The fourth-order valence-electron chi connectivity index (χ4n) is 3.06. The number of benzene rings is 1. The third-order valence-corrected chi connectivity index (χ3v) is 4.32. The highest BCUT2D eigenvalue weighted by Crippen LogP contribution is 2.36. The molecule has 0 bridgehead atoms. The summed E-state index contributed by atoms with van der Waals surface area (Å²) in [7, 11) is 1.75. The summed E-state index contributed by atoms with van der Waals surface area (Å²) in [5, 5.41) is 4.35. The Bertz CT molecular complexity index is 480. The van der Waals surface area contributed by atoms with E-state index < -0.39 is 0 Å². The molecule has 3 atom stereocenters. The highest BCUT2D eigenvalue weighted by Gasteiger charge is 2.42. The average Bonchev–Trinajstić information content (AvgIpc) is 3.34. The highest BCUT2D eigenvalue weighted by atomic mass is 16.8. The first-order chi connectivity index (χ1) is 10.3. The standard InChI is InChI=1S/C16H22N2O3/c1-20-14-10-6-5-9-13(14)11-17-16(19)18-15(21-18)12-7-3-2-4-8-12/h2-4,7-8,13-15H,5-6,9-11H2,1H3,(H,17,19)/t13-,14-,15?,18?/m0/s1. The van der Waals surface area contributed by atoms with E-state index in [1.807, 2.05) is 30.3 Å². The Hall–Kier alpha value is -1.59. The maximum atomic E-state index is 12.1. The quantitative estimate of drug-likeness (QED) is 0.868. The second-order valence-corrected chi connectivity index (χ2v) is 5.70. The molecule has 1 aromatic carbocycles. The third kappa shape index (κ3) is 3.36. The van der Waals surface area contributed by atoms with E-state index in [0.29, 0.717) is 12.5 Å². The van der Waals surface area contributed by atoms with E-state index in [1.165, 1.54) is 17.9 Å². The van der Waals surface area contributed by atoms with Crippen molar-refractivity contribution >= 4 is 6.03 Å². The minimum Gasteiger partial charge on any atom is -0.381 e. The van der Waals surface area contributed by atoms with Gasteiger partial charge < -0.3 is 10.1 Å². The van der Waals surface area contributed by atoms with E-state index in [0.717, 1.165) is 18.4 Å².